The average Bonchev–Trinajstić information content (AvgIpc) is 2.83. The Morgan fingerprint density at radius 1 is 1.36 bits per heavy atom. The third-order valence-electron chi connectivity index (χ3n) is 5.18. The van der Waals surface area contributed by atoms with E-state index in [1.165, 1.54) is 11.8 Å². The number of carbonyl (C=O) groups excluding carboxylic acids is 3. The van der Waals surface area contributed by atoms with Gasteiger partial charge in [0.25, 0.3) is 5.91 Å². The average molecular weight is 361 g/mol. The highest BCUT2D eigenvalue weighted by Crippen LogP contribution is 2.38. The Morgan fingerprint density at radius 2 is 2.12 bits per heavy atom. The molecule has 2 atom stereocenters. The van der Waals surface area contributed by atoms with E-state index in [-0.39, 0.29) is 24.3 Å². The highest BCUT2D eigenvalue weighted by Gasteiger charge is 2.55. The number of para-hydroxylation sites is 1. The van der Waals surface area contributed by atoms with Gasteiger partial charge in [0.15, 0.2) is 0 Å². The number of hydrogen-bond donors (Lipinski definition) is 2. The molecule has 1 saturated heterocycles. The van der Waals surface area contributed by atoms with E-state index in [1.807, 2.05) is 31.4 Å². The minimum Gasteiger partial charge on any atom is -0.324 e. The third kappa shape index (κ3) is 3.25. The molecule has 1 aliphatic carbocycles. The van der Waals surface area contributed by atoms with E-state index in [0.29, 0.717) is 12.1 Å². The summed E-state index contributed by atoms with van der Waals surface area (Å²) in [4.78, 5) is 39.6. The molecule has 4 amide bonds. The molecule has 1 aromatic rings. The predicted octanol–water partition coefficient (Wildman–Crippen LogP) is 2.85. The topological polar surface area (TPSA) is 78.5 Å². The number of amides is 4. The van der Waals surface area contributed by atoms with Crippen molar-refractivity contribution in [3.63, 3.8) is 0 Å². The van der Waals surface area contributed by atoms with E-state index in [9.17, 15) is 14.4 Å². The Hall–Kier alpha value is -2.02. The van der Waals surface area contributed by atoms with Crippen LogP contribution in [0.4, 0.5) is 10.5 Å². The minimum absolute atomic E-state index is 0.0861. The summed E-state index contributed by atoms with van der Waals surface area (Å²) in [5.41, 5.74) is -0.139. The van der Waals surface area contributed by atoms with Crippen LogP contribution in [0.5, 0.6) is 0 Å². The van der Waals surface area contributed by atoms with Crippen molar-refractivity contribution >= 4 is 35.3 Å². The smallest absolute Gasteiger partial charge is 0.324 e. The lowest BCUT2D eigenvalue weighted by Crippen LogP contribution is -2.54. The number of carbonyl (C=O) groups is 3. The molecular formula is C18H23N3O3S. The van der Waals surface area contributed by atoms with Crippen LogP contribution in [0.3, 0.4) is 0 Å². The quantitative estimate of drug-likeness (QED) is 0.638. The predicted molar refractivity (Wildman–Crippen MR) is 97.5 cm³/mol. The van der Waals surface area contributed by atoms with Gasteiger partial charge in [0.05, 0.1) is 5.69 Å². The molecule has 0 unspecified atom stereocenters. The highest BCUT2D eigenvalue weighted by molar-refractivity contribution is 7.98. The van der Waals surface area contributed by atoms with Crippen LogP contribution in [0, 0.1) is 5.92 Å². The van der Waals surface area contributed by atoms with Crippen molar-refractivity contribution in [2.45, 2.75) is 43.0 Å². The van der Waals surface area contributed by atoms with Gasteiger partial charge in [0.2, 0.25) is 5.91 Å². The Labute approximate surface area is 151 Å². The van der Waals surface area contributed by atoms with Crippen LogP contribution in [0.2, 0.25) is 0 Å². The van der Waals surface area contributed by atoms with Crippen LogP contribution in [0.15, 0.2) is 29.2 Å². The van der Waals surface area contributed by atoms with Gasteiger partial charge in [-0.25, -0.2) is 4.79 Å². The van der Waals surface area contributed by atoms with Gasteiger partial charge >= 0.3 is 6.03 Å². The zero-order valence-electron chi connectivity index (χ0n) is 14.5. The number of nitrogens with one attached hydrogen (secondary N) is 2. The van der Waals surface area contributed by atoms with Gasteiger partial charge in [0.1, 0.15) is 12.1 Å². The number of nitrogens with zero attached hydrogens (tertiary/aromatic N) is 1. The molecule has 3 rings (SSSR count). The van der Waals surface area contributed by atoms with Crippen LogP contribution >= 0.6 is 11.8 Å². The third-order valence-corrected chi connectivity index (χ3v) is 5.98. The fraction of sp³-hybridized carbons (Fsp3) is 0.500. The van der Waals surface area contributed by atoms with Gasteiger partial charge in [-0.1, -0.05) is 31.9 Å². The number of hydrogen-bond acceptors (Lipinski definition) is 4. The van der Waals surface area contributed by atoms with E-state index in [4.69, 9.17) is 0 Å². The molecule has 0 bridgehead atoms. The lowest BCUT2D eigenvalue weighted by atomic mass is 9.73. The molecule has 7 heteroatoms. The molecule has 1 aromatic carbocycles. The van der Waals surface area contributed by atoms with Gasteiger partial charge in [0, 0.05) is 4.90 Å². The summed E-state index contributed by atoms with van der Waals surface area (Å²) in [5, 5.41) is 5.66. The Kier molecular flexibility index (Phi) is 5.03. The van der Waals surface area contributed by atoms with Crippen LogP contribution in [0.25, 0.3) is 0 Å². The SMILES string of the molecule is CSc1ccccc1NC(=O)CN1C(=O)N[C@]2(CCCC[C@@H]2C)C1=O. The summed E-state index contributed by atoms with van der Waals surface area (Å²) in [5.74, 6) is -0.550. The number of thioether (sulfide) groups is 1. The van der Waals surface area contributed by atoms with Crippen molar-refractivity contribution in [2.75, 3.05) is 18.1 Å². The van der Waals surface area contributed by atoms with E-state index in [1.54, 1.807) is 6.07 Å². The molecule has 1 spiro atoms. The monoisotopic (exact) mass is 361 g/mol. The summed E-state index contributed by atoms with van der Waals surface area (Å²) in [6.07, 6.45) is 5.46. The number of imide groups is 1. The van der Waals surface area contributed by atoms with E-state index < -0.39 is 11.6 Å². The van der Waals surface area contributed by atoms with Gasteiger partial charge in [-0.05, 0) is 37.1 Å². The van der Waals surface area contributed by atoms with Gasteiger partial charge in [-0.2, -0.15) is 0 Å². The molecule has 0 radical (unpaired) electrons. The van der Waals surface area contributed by atoms with E-state index in [0.717, 1.165) is 29.1 Å². The van der Waals surface area contributed by atoms with Gasteiger partial charge < -0.3 is 10.6 Å². The summed E-state index contributed by atoms with van der Waals surface area (Å²) in [6, 6.07) is 6.98. The molecule has 1 saturated carbocycles. The van der Waals surface area contributed by atoms with E-state index in [2.05, 4.69) is 10.6 Å². The minimum atomic E-state index is -0.827. The lowest BCUT2D eigenvalue weighted by Gasteiger charge is -2.36. The zero-order valence-corrected chi connectivity index (χ0v) is 15.3. The van der Waals surface area contributed by atoms with Gasteiger partial charge in [-0.3, -0.25) is 14.5 Å². The fourth-order valence-electron chi connectivity index (χ4n) is 3.72. The number of benzene rings is 1. The molecule has 2 N–H and O–H groups in total. The second-order valence-electron chi connectivity index (χ2n) is 6.69. The maximum absolute atomic E-state index is 12.9. The van der Waals surface area contributed by atoms with Gasteiger partial charge in [-0.15, -0.1) is 11.8 Å². The van der Waals surface area contributed by atoms with Crippen LogP contribution in [0.1, 0.15) is 32.6 Å². The molecule has 6 nitrogen and oxygen atoms in total. The Balaban J connectivity index is 1.71. The maximum Gasteiger partial charge on any atom is 0.325 e. The normalized spacial score (nSPS) is 26.0. The highest BCUT2D eigenvalue weighted by atomic mass is 32.2. The Bertz CT molecular complexity index is 709. The molecule has 25 heavy (non-hydrogen) atoms. The largest absolute Gasteiger partial charge is 0.325 e. The molecule has 1 aliphatic heterocycles. The summed E-state index contributed by atoms with van der Waals surface area (Å²) in [6.45, 7) is 1.73. The van der Waals surface area contributed by atoms with Crippen molar-refractivity contribution in [1.82, 2.24) is 10.2 Å². The van der Waals surface area contributed by atoms with Crippen LogP contribution in [-0.2, 0) is 9.59 Å². The van der Waals surface area contributed by atoms with Crippen molar-refractivity contribution in [3.05, 3.63) is 24.3 Å². The van der Waals surface area contributed by atoms with Crippen molar-refractivity contribution in [1.29, 1.82) is 0 Å². The number of anilines is 1. The lowest BCUT2D eigenvalue weighted by molar-refractivity contribution is -0.136. The second kappa shape index (κ2) is 7.07. The first-order chi connectivity index (χ1) is 12.0. The maximum atomic E-state index is 12.9. The van der Waals surface area contributed by atoms with E-state index >= 15 is 0 Å². The molecule has 2 aliphatic rings. The molecule has 0 aromatic heterocycles. The second-order valence-corrected chi connectivity index (χ2v) is 7.54. The molecule has 134 valence electrons. The molecule has 2 fully saturated rings. The Morgan fingerprint density at radius 3 is 2.84 bits per heavy atom. The fourth-order valence-corrected chi connectivity index (χ4v) is 4.27. The number of urea groups is 1. The summed E-state index contributed by atoms with van der Waals surface area (Å²) < 4.78 is 0. The first-order valence-electron chi connectivity index (χ1n) is 8.55. The molecule has 1 heterocycles. The first-order valence-corrected chi connectivity index (χ1v) is 9.77. The molecular weight excluding hydrogens is 338 g/mol. The summed E-state index contributed by atoms with van der Waals surface area (Å²) in [7, 11) is 0. The first kappa shape index (κ1) is 17.8. The zero-order chi connectivity index (χ0) is 18.0. The summed E-state index contributed by atoms with van der Waals surface area (Å²) >= 11 is 1.52. The number of rotatable bonds is 4. The van der Waals surface area contributed by atoms with Crippen molar-refractivity contribution in [3.8, 4) is 0 Å². The van der Waals surface area contributed by atoms with Crippen LogP contribution < -0.4 is 10.6 Å². The van der Waals surface area contributed by atoms with Crippen LogP contribution in [-0.4, -0.2) is 41.1 Å². The van der Waals surface area contributed by atoms with Crippen molar-refractivity contribution < 1.29 is 14.4 Å². The standard InChI is InChI=1S/C18H23N3O3S/c1-12-7-5-6-10-18(12)16(23)21(17(24)20-18)11-15(22)19-13-8-3-4-9-14(13)25-2/h3-4,8-9,12H,5-7,10-11H2,1-2H3,(H,19,22)(H,20,24)/t12-,18-/m0/s1. The van der Waals surface area contributed by atoms with Crippen molar-refractivity contribution in [2.24, 2.45) is 5.92 Å².